The number of nitrogens with zero attached hydrogens (tertiary/aromatic N) is 3. The predicted molar refractivity (Wildman–Crippen MR) is 123 cm³/mol. The monoisotopic (exact) mass is 403 g/mol. The molecule has 0 fully saturated rings. The Balaban J connectivity index is 1.70. The summed E-state index contributed by atoms with van der Waals surface area (Å²) in [5.74, 6) is 1.59. The van der Waals surface area contributed by atoms with E-state index in [1.165, 1.54) is 0 Å². The first kappa shape index (κ1) is 19.1. The first-order chi connectivity index (χ1) is 15.2. The molecule has 31 heavy (non-hydrogen) atoms. The summed E-state index contributed by atoms with van der Waals surface area (Å²) in [6, 6.07) is 30.9. The van der Waals surface area contributed by atoms with Crippen molar-refractivity contribution < 1.29 is 10.0 Å². The molecule has 0 spiro atoms. The van der Waals surface area contributed by atoms with Crippen LogP contribution in [-0.4, -0.2) is 32.1 Å². The molecule has 1 heterocycles. The van der Waals surface area contributed by atoms with E-state index in [0.29, 0.717) is 28.5 Å². The van der Waals surface area contributed by atoms with Crippen molar-refractivity contribution >= 4 is 23.4 Å². The maximum Gasteiger partial charge on any atom is 0.488 e. The fourth-order valence-electron chi connectivity index (χ4n) is 3.52. The summed E-state index contributed by atoms with van der Waals surface area (Å²) in [6.07, 6.45) is 0. The van der Waals surface area contributed by atoms with Gasteiger partial charge >= 0.3 is 7.12 Å². The zero-order valence-corrected chi connectivity index (χ0v) is 16.6. The molecule has 0 aliphatic heterocycles. The molecule has 5 rings (SSSR count). The SMILES string of the molecule is OB(O)c1cccc(-c2nc(-c3ccccc3)nc(-c3ccc4ccccc4c3)n2)c1. The van der Waals surface area contributed by atoms with E-state index in [0.717, 1.165) is 21.9 Å². The van der Waals surface area contributed by atoms with Gasteiger partial charge in [-0.3, -0.25) is 0 Å². The second-order valence-electron chi connectivity index (χ2n) is 7.23. The van der Waals surface area contributed by atoms with E-state index in [2.05, 4.69) is 29.2 Å². The Morgan fingerprint density at radius 1 is 0.484 bits per heavy atom. The number of rotatable bonds is 4. The summed E-state index contributed by atoms with van der Waals surface area (Å²) < 4.78 is 0. The van der Waals surface area contributed by atoms with Crippen molar-refractivity contribution in [3.8, 4) is 34.2 Å². The van der Waals surface area contributed by atoms with E-state index >= 15 is 0 Å². The largest absolute Gasteiger partial charge is 0.488 e. The van der Waals surface area contributed by atoms with Crippen LogP contribution < -0.4 is 5.46 Å². The Kier molecular flexibility index (Phi) is 5.00. The third kappa shape index (κ3) is 3.94. The highest BCUT2D eigenvalue weighted by Crippen LogP contribution is 2.26. The topological polar surface area (TPSA) is 79.1 Å². The third-order valence-corrected chi connectivity index (χ3v) is 5.12. The van der Waals surface area contributed by atoms with Crippen molar-refractivity contribution in [2.45, 2.75) is 0 Å². The molecule has 5 nitrogen and oxygen atoms in total. The first-order valence-corrected chi connectivity index (χ1v) is 9.94. The molecule has 6 heteroatoms. The van der Waals surface area contributed by atoms with Crippen LogP contribution in [0.3, 0.4) is 0 Å². The number of hydrogen-bond acceptors (Lipinski definition) is 5. The Hall–Kier alpha value is -3.87. The van der Waals surface area contributed by atoms with E-state index in [1.807, 2.05) is 54.6 Å². The third-order valence-electron chi connectivity index (χ3n) is 5.12. The van der Waals surface area contributed by atoms with Crippen molar-refractivity contribution in [3.05, 3.63) is 97.1 Å². The van der Waals surface area contributed by atoms with Gasteiger partial charge in [-0.15, -0.1) is 0 Å². The summed E-state index contributed by atoms with van der Waals surface area (Å²) in [4.78, 5) is 14.1. The van der Waals surface area contributed by atoms with Crippen LogP contribution in [0.4, 0.5) is 0 Å². The molecule has 2 N–H and O–H groups in total. The van der Waals surface area contributed by atoms with Crippen molar-refractivity contribution in [2.75, 3.05) is 0 Å². The normalized spacial score (nSPS) is 10.9. The molecule has 0 aliphatic rings. The molecule has 0 aliphatic carbocycles. The Bertz CT molecular complexity index is 1370. The van der Waals surface area contributed by atoms with Gasteiger partial charge in [0.1, 0.15) is 0 Å². The standard InChI is InChI=1S/C25H18BN3O2/c30-26(31)22-12-6-11-20(16-22)24-27-23(18-8-2-1-3-9-18)28-25(29-24)21-14-13-17-7-4-5-10-19(17)15-21/h1-16,30-31H. The van der Waals surface area contributed by atoms with E-state index in [9.17, 15) is 10.0 Å². The summed E-state index contributed by atoms with van der Waals surface area (Å²) in [7, 11) is -1.56. The zero-order valence-electron chi connectivity index (χ0n) is 16.6. The average Bonchev–Trinajstić information content (AvgIpc) is 2.84. The van der Waals surface area contributed by atoms with Gasteiger partial charge in [-0.1, -0.05) is 91.0 Å². The lowest BCUT2D eigenvalue weighted by Gasteiger charge is -2.10. The second kappa shape index (κ2) is 8.10. The van der Waals surface area contributed by atoms with Crippen molar-refractivity contribution in [3.63, 3.8) is 0 Å². The first-order valence-electron chi connectivity index (χ1n) is 9.94. The van der Waals surface area contributed by atoms with Crippen LogP contribution in [0.15, 0.2) is 97.1 Å². The van der Waals surface area contributed by atoms with Crippen LogP contribution in [-0.2, 0) is 0 Å². The molecule has 0 bridgehead atoms. The average molecular weight is 403 g/mol. The van der Waals surface area contributed by atoms with Gasteiger partial charge in [0, 0.05) is 16.7 Å². The minimum Gasteiger partial charge on any atom is -0.423 e. The fourth-order valence-corrected chi connectivity index (χ4v) is 3.52. The van der Waals surface area contributed by atoms with Crippen molar-refractivity contribution in [1.29, 1.82) is 0 Å². The van der Waals surface area contributed by atoms with Gasteiger partial charge in [0.05, 0.1) is 0 Å². The Morgan fingerprint density at radius 2 is 1.06 bits per heavy atom. The maximum atomic E-state index is 9.56. The summed E-state index contributed by atoms with van der Waals surface area (Å²) in [5, 5.41) is 21.4. The lowest BCUT2D eigenvalue weighted by atomic mass is 9.79. The Labute approximate surface area is 179 Å². The zero-order chi connectivity index (χ0) is 21.2. The molecular weight excluding hydrogens is 385 g/mol. The molecule has 5 aromatic rings. The van der Waals surface area contributed by atoms with Gasteiger partial charge in [0.25, 0.3) is 0 Å². The molecule has 148 valence electrons. The van der Waals surface area contributed by atoms with Crippen LogP contribution >= 0.6 is 0 Å². The quantitative estimate of drug-likeness (QED) is 0.448. The van der Waals surface area contributed by atoms with Crippen molar-refractivity contribution in [1.82, 2.24) is 15.0 Å². The lowest BCUT2D eigenvalue weighted by Crippen LogP contribution is -2.29. The van der Waals surface area contributed by atoms with E-state index < -0.39 is 7.12 Å². The molecule has 1 aromatic heterocycles. The number of fused-ring (bicyclic) bond motifs is 1. The highest BCUT2D eigenvalue weighted by Gasteiger charge is 2.15. The second-order valence-corrected chi connectivity index (χ2v) is 7.23. The number of aromatic nitrogens is 3. The molecule has 0 saturated carbocycles. The van der Waals surface area contributed by atoms with Crippen LogP contribution in [0, 0.1) is 0 Å². The smallest absolute Gasteiger partial charge is 0.423 e. The van der Waals surface area contributed by atoms with E-state index in [4.69, 9.17) is 9.97 Å². The molecule has 0 radical (unpaired) electrons. The van der Waals surface area contributed by atoms with Gasteiger partial charge in [-0.25, -0.2) is 15.0 Å². The molecule has 4 aromatic carbocycles. The van der Waals surface area contributed by atoms with Gasteiger partial charge in [0.15, 0.2) is 17.5 Å². The number of benzene rings is 4. The lowest BCUT2D eigenvalue weighted by molar-refractivity contribution is 0.426. The fraction of sp³-hybridized carbons (Fsp3) is 0. The molecule has 0 saturated heterocycles. The van der Waals surface area contributed by atoms with Crippen molar-refractivity contribution in [2.24, 2.45) is 0 Å². The minimum absolute atomic E-state index is 0.381. The molecule has 0 atom stereocenters. The maximum absolute atomic E-state index is 9.56. The number of hydrogen-bond donors (Lipinski definition) is 2. The summed E-state index contributed by atoms with van der Waals surface area (Å²) >= 11 is 0. The van der Waals surface area contributed by atoms with Crippen LogP contribution in [0.1, 0.15) is 0 Å². The predicted octanol–water partition coefficient (Wildman–Crippen LogP) is 3.71. The highest BCUT2D eigenvalue weighted by molar-refractivity contribution is 6.58. The highest BCUT2D eigenvalue weighted by atomic mass is 16.4. The molecule has 0 amide bonds. The van der Waals surface area contributed by atoms with Gasteiger partial charge < -0.3 is 10.0 Å². The summed E-state index contributed by atoms with van der Waals surface area (Å²) in [6.45, 7) is 0. The van der Waals surface area contributed by atoms with Crippen LogP contribution in [0.5, 0.6) is 0 Å². The van der Waals surface area contributed by atoms with Crippen LogP contribution in [0.2, 0.25) is 0 Å². The van der Waals surface area contributed by atoms with Gasteiger partial charge in [-0.2, -0.15) is 0 Å². The van der Waals surface area contributed by atoms with E-state index in [-0.39, 0.29) is 0 Å². The molecule has 0 unspecified atom stereocenters. The minimum atomic E-state index is -1.56. The van der Waals surface area contributed by atoms with Gasteiger partial charge in [-0.05, 0) is 22.3 Å². The Morgan fingerprint density at radius 3 is 1.77 bits per heavy atom. The van der Waals surface area contributed by atoms with Crippen LogP contribution in [0.25, 0.3) is 44.9 Å². The van der Waals surface area contributed by atoms with Gasteiger partial charge in [0.2, 0.25) is 0 Å². The van der Waals surface area contributed by atoms with E-state index in [1.54, 1.807) is 18.2 Å². The molecular formula is C25H18BN3O2. The summed E-state index contributed by atoms with van der Waals surface area (Å²) in [5.41, 5.74) is 2.84.